The van der Waals surface area contributed by atoms with Crippen LogP contribution < -0.4 is 35.3 Å². The number of hydrogen-bond donors (Lipinski definition) is 0. The summed E-state index contributed by atoms with van der Waals surface area (Å²) >= 11 is 0. The Bertz CT molecular complexity index is 443. The van der Waals surface area contributed by atoms with E-state index in [0.717, 1.165) is 5.39 Å². The Balaban J connectivity index is 0.000000720. The number of para-hydroxylation sites is 1. The molecule has 56 valence electrons. The van der Waals surface area contributed by atoms with Crippen LogP contribution in [0.4, 0.5) is 0 Å². The average molecular weight is 171 g/mol. The van der Waals surface area contributed by atoms with Crippen LogP contribution in [0.2, 0.25) is 0 Å². The van der Waals surface area contributed by atoms with E-state index in [1.54, 1.807) is 6.07 Å². The van der Waals surface area contributed by atoms with Crippen LogP contribution in [0.3, 0.4) is 0 Å². The van der Waals surface area contributed by atoms with E-state index in [4.69, 9.17) is 4.42 Å². The maximum atomic E-state index is 10.6. The first-order valence-corrected chi connectivity index (χ1v) is 3.21. The van der Waals surface area contributed by atoms with Crippen LogP contribution in [0.1, 0.15) is 1.43 Å². The smallest absolute Gasteiger partial charge is 1.00 e. The first-order chi connectivity index (χ1) is 5.36. The van der Waals surface area contributed by atoms with Gasteiger partial charge < -0.3 is 5.84 Å². The Hall–Kier alpha value is -0.640. The Morgan fingerprint density at radius 2 is 2.08 bits per heavy atom. The molecule has 0 aliphatic rings. The van der Waals surface area contributed by atoms with Crippen LogP contribution >= 0.6 is 0 Å². The fourth-order valence-corrected chi connectivity index (χ4v) is 0.923. The molecule has 0 atom stereocenters. The largest absolute Gasteiger partial charge is 1.00 e. The normalized spacial score (nSPS) is 9.33. The standard InChI is InChI=1S/C8H5NO2.Na.H/c10-8-9-5-6-3-1-2-4-7(6)11-8;;/h1-5H;;/q;+1;-1. The minimum Gasteiger partial charge on any atom is -1.00 e. The molecular formula is C8H6NNaO2. The van der Waals surface area contributed by atoms with Crippen molar-refractivity contribution in [3.8, 4) is 0 Å². The predicted octanol–water partition coefficient (Wildman–Crippen LogP) is -1.70. The second-order valence-electron chi connectivity index (χ2n) is 2.16. The van der Waals surface area contributed by atoms with E-state index < -0.39 is 5.76 Å². The van der Waals surface area contributed by atoms with E-state index in [0.29, 0.717) is 5.58 Å². The third-order valence-electron chi connectivity index (χ3n) is 1.43. The molecule has 0 spiro atoms. The van der Waals surface area contributed by atoms with Crippen LogP contribution in [0.5, 0.6) is 0 Å². The number of benzene rings is 1. The second kappa shape index (κ2) is 3.85. The molecule has 2 aromatic rings. The van der Waals surface area contributed by atoms with Crippen molar-refractivity contribution in [1.29, 1.82) is 0 Å². The van der Waals surface area contributed by atoms with Gasteiger partial charge in [-0.05, 0) is 12.1 Å². The molecule has 0 bridgehead atoms. The fourth-order valence-electron chi connectivity index (χ4n) is 0.923. The Morgan fingerprint density at radius 1 is 1.33 bits per heavy atom. The van der Waals surface area contributed by atoms with Gasteiger partial charge in [-0.25, -0.2) is 4.79 Å². The summed E-state index contributed by atoms with van der Waals surface area (Å²) < 4.78 is 4.79. The molecule has 0 unspecified atom stereocenters. The Kier molecular flexibility index (Phi) is 3.03. The molecule has 1 heterocycles. The van der Waals surface area contributed by atoms with Crippen molar-refractivity contribution in [3.05, 3.63) is 41.0 Å². The van der Waals surface area contributed by atoms with Crippen LogP contribution in [0.25, 0.3) is 11.0 Å². The van der Waals surface area contributed by atoms with Gasteiger partial charge in [0.05, 0.1) is 0 Å². The summed E-state index contributed by atoms with van der Waals surface area (Å²) in [5.41, 5.74) is 0.576. The van der Waals surface area contributed by atoms with Gasteiger partial charge in [-0.1, -0.05) is 12.1 Å². The van der Waals surface area contributed by atoms with E-state index in [9.17, 15) is 4.79 Å². The van der Waals surface area contributed by atoms with Crippen LogP contribution in [-0.4, -0.2) is 4.98 Å². The van der Waals surface area contributed by atoms with Crippen LogP contribution in [-0.2, 0) is 0 Å². The number of rotatable bonds is 0. The van der Waals surface area contributed by atoms with Crippen molar-refractivity contribution in [1.82, 2.24) is 4.98 Å². The van der Waals surface area contributed by atoms with E-state index in [-0.39, 0.29) is 31.0 Å². The summed E-state index contributed by atoms with van der Waals surface area (Å²) in [4.78, 5) is 14.1. The minimum absolute atomic E-state index is 0. The zero-order chi connectivity index (χ0) is 7.68. The van der Waals surface area contributed by atoms with Gasteiger partial charge in [0.1, 0.15) is 5.58 Å². The molecule has 0 amide bonds. The van der Waals surface area contributed by atoms with E-state index >= 15 is 0 Å². The van der Waals surface area contributed by atoms with Gasteiger partial charge in [-0.15, -0.1) is 0 Å². The molecule has 0 fully saturated rings. The molecule has 0 saturated carbocycles. The first-order valence-electron chi connectivity index (χ1n) is 3.21. The number of fused-ring (bicyclic) bond motifs is 1. The third-order valence-corrected chi connectivity index (χ3v) is 1.43. The van der Waals surface area contributed by atoms with Crippen LogP contribution in [0.15, 0.2) is 39.7 Å². The topological polar surface area (TPSA) is 43.1 Å². The molecular weight excluding hydrogens is 165 g/mol. The molecule has 1 aromatic carbocycles. The quantitative estimate of drug-likeness (QED) is 0.444. The number of nitrogens with zero attached hydrogens (tertiary/aromatic N) is 1. The minimum atomic E-state index is -0.552. The van der Waals surface area contributed by atoms with Crippen molar-refractivity contribution in [2.75, 3.05) is 0 Å². The molecule has 0 radical (unpaired) electrons. The maximum absolute atomic E-state index is 10.6. The molecule has 4 heteroatoms. The molecule has 0 saturated heterocycles. The zero-order valence-corrected chi connectivity index (χ0v) is 8.65. The van der Waals surface area contributed by atoms with Gasteiger partial charge in [0.25, 0.3) is 0 Å². The summed E-state index contributed by atoms with van der Waals surface area (Å²) in [6.07, 6.45) is 1.50. The molecule has 1 aromatic heterocycles. The monoisotopic (exact) mass is 171 g/mol. The molecule has 3 nitrogen and oxygen atoms in total. The predicted molar refractivity (Wildman–Crippen MR) is 41.4 cm³/mol. The summed E-state index contributed by atoms with van der Waals surface area (Å²) in [6, 6.07) is 7.25. The second-order valence-corrected chi connectivity index (χ2v) is 2.16. The summed E-state index contributed by atoms with van der Waals surface area (Å²) in [6.45, 7) is 0. The number of aromatic nitrogens is 1. The van der Waals surface area contributed by atoms with Gasteiger partial charge in [0.15, 0.2) is 0 Å². The van der Waals surface area contributed by atoms with E-state index in [1.807, 2.05) is 18.2 Å². The third kappa shape index (κ3) is 1.75. The van der Waals surface area contributed by atoms with E-state index in [1.165, 1.54) is 6.20 Å². The van der Waals surface area contributed by atoms with Gasteiger partial charge >= 0.3 is 35.3 Å². The van der Waals surface area contributed by atoms with Crippen molar-refractivity contribution >= 4 is 11.0 Å². The SMILES string of the molecule is O=c1ncc2ccccc2o1.[H-].[Na+]. The van der Waals surface area contributed by atoms with Gasteiger partial charge in [-0.3, -0.25) is 0 Å². The average Bonchev–Trinajstić information content (AvgIpc) is 2.04. The number of hydrogen-bond acceptors (Lipinski definition) is 3. The molecule has 0 aliphatic carbocycles. The molecule has 0 N–H and O–H groups in total. The molecule has 0 aliphatic heterocycles. The molecule has 12 heavy (non-hydrogen) atoms. The summed E-state index contributed by atoms with van der Waals surface area (Å²) in [5, 5.41) is 0.840. The van der Waals surface area contributed by atoms with Crippen molar-refractivity contribution in [3.63, 3.8) is 0 Å². The Morgan fingerprint density at radius 3 is 2.92 bits per heavy atom. The van der Waals surface area contributed by atoms with Crippen LogP contribution in [0, 0.1) is 0 Å². The van der Waals surface area contributed by atoms with E-state index in [2.05, 4.69) is 4.98 Å². The molecule has 2 rings (SSSR count). The van der Waals surface area contributed by atoms with Crippen molar-refractivity contribution < 1.29 is 35.4 Å². The van der Waals surface area contributed by atoms with Crippen molar-refractivity contribution in [2.24, 2.45) is 0 Å². The Labute approximate surface area is 92.2 Å². The van der Waals surface area contributed by atoms with Gasteiger partial charge in [-0.2, -0.15) is 4.98 Å². The fraction of sp³-hybridized carbons (Fsp3) is 0. The first kappa shape index (κ1) is 9.45. The maximum Gasteiger partial charge on any atom is 1.00 e. The summed E-state index contributed by atoms with van der Waals surface area (Å²) in [7, 11) is 0. The summed E-state index contributed by atoms with van der Waals surface area (Å²) in [5.74, 6) is -0.552. The zero-order valence-electron chi connectivity index (χ0n) is 7.65. The van der Waals surface area contributed by atoms with Gasteiger partial charge in [0.2, 0.25) is 0 Å². The van der Waals surface area contributed by atoms with Gasteiger partial charge in [0, 0.05) is 11.6 Å². The van der Waals surface area contributed by atoms with Crippen molar-refractivity contribution in [2.45, 2.75) is 0 Å².